The second-order valence-corrected chi connectivity index (χ2v) is 3.35. The lowest BCUT2D eigenvalue weighted by Crippen LogP contribution is -1.90. The van der Waals surface area contributed by atoms with E-state index in [1.54, 1.807) is 14.2 Å². The van der Waals surface area contributed by atoms with Crippen molar-refractivity contribution in [3.8, 4) is 22.6 Å². The molecular weight excluding hydrogens is 200 g/mol. The summed E-state index contributed by atoms with van der Waals surface area (Å²) in [5.74, 6) is 1.61. The van der Waals surface area contributed by atoms with Gasteiger partial charge in [-0.3, -0.25) is 0 Å². The summed E-state index contributed by atoms with van der Waals surface area (Å²) < 4.78 is 10.5. The normalized spacial score (nSPS) is 9.88. The minimum absolute atomic E-state index is 0.795. The summed E-state index contributed by atoms with van der Waals surface area (Å²) in [5.41, 5.74) is 2.16. The SMILES string of the molecule is COc1ccc(-c2cc[c]cc2)c(OC)c1. The van der Waals surface area contributed by atoms with Gasteiger partial charge in [0.2, 0.25) is 0 Å². The van der Waals surface area contributed by atoms with Gasteiger partial charge < -0.3 is 9.47 Å². The van der Waals surface area contributed by atoms with Crippen molar-refractivity contribution in [2.24, 2.45) is 0 Å². The molecule has 81 valence electrons. The Labute approximate surface area is 95.4 Å². The molecular formula is C14H13O2. The standard InChI is InChI=1S/C14H13O2/c1-15-12-8-9-13(14(10-12)16-2)11-6-4-3-5-7-11/h4-10H,1-2H3. The van der Waals surface area contributed by atoms with Crippen molar-refractivity contribution in [1.29, 1.82) is 0 Å². The predicted molar refractivity (Wildman–Crippen MR) is 63.8 cm³/mol. The van der Waals surface area contributed by atoms with Gasteiger partial charge in [-0.25, -0.2) is 0 Å². The number of methoxy groups -OCH3 is 2. The lowest BCUT2D eigenvalue weighted by molar-refractivity contribution is 0.395. The van der Waals surface area contributed by atoms with Gasteiger partial charge in [-0.05, 0) is 23.8 Å². The molecule has 0 aliphatic heterocycles. The second-order valence-electron chi connectivity index (χ2n) is 3.35. The average Bonchev–Trinajstić information content (AvgIpc) is 2.39. The molecule has 2 rings (SSSR count). The molecule has 16 heavy (non-hydrogen) atoms. The zero-order valence-corrected chi connectivity index (χ0v) is 9.36. The molecule has 0 unspecified atom stereocenters. The first-order valence-corrected chi connectivity index (χ1v) is 5.03. The molecule has 0 atom stereocenters. The van der Waals surface area contributed by atoms with Crippen molar-refractivity contribution < 1.29 is 9.47 Å². The van der Waals surface area contributed by atoms with Gasteiger partial charge in [-0.1, -0.05) is 24.3 Å². The fraction of sp³-hybridized carbons (Fsp3) is 0.143. The van der Waals surface area contributed by atoms with Crippen molar-refractivity contribution >= 4 is 0 Å². The first-order valence-electron chi connectivity index (χ1n) is 5.03. The fourth-order valence-corrected chi connectivity index (χ4v) is 1.60. The second kappa shape index (κ2) is 4.71. The number of benzene rings is 2. The third-order valence-electron chi connectivity index (χ3n) is 2.44. The quantitative estimate of drug-likeness (QED) is 0.779. The number of rotatable bonds is 3. The molecule has 0 saturated carbocycles. The average molecular weight is 213 g/mol. The molecule has 0 spiro atoms. The van der Waals surface area contributed by atoms with Crippen LogP contribution in [-0.4, -0.2) is 14.2 Å². The highest BCUT2D eigenvalue weighted by Crippen LogP contribution is 2.32. The molecule has 2 aromatic carbocycles. The van der Waals surface area contributed by atoms with Gasteiger partial charge in [-0.15, -0.1) is 0 Å². The Balaban J connectivity index is 2.49. The van der Waals surface area contributed by atoms with Gasteiger partial charge in [-0.2, -0.15) is 0 Å². The molecule has 1 radical (unpaired) electrons. The molecule has 0 heterocycles. The Morgan fingerprint density at radius 3 is 2.31 bits per heavy atom. The van der Waals surface area contributed by atoms with Crippen LogP contribution < -0.4 is 9.47 Å². The van der Waals surface area contributed by atoms with Crippen LogP contribution in [0.5, 0.6) is 11.5 Å². The van der Waals surface area contributed by atoms with Crippen LogP contribution in [0.2, 0.25) is 0 Å². The van der Waals surface area contributed by atoms with Crippen molar-refractivity contribution in [1.82, 2.24) is 0 Å². The number of hydrogen-bond donors (Lipinski definition) is 0. The Hall–Kier alpha value is -1.96. The van der Waals surface area contributed by atoms with E-state index in [2.05, 4.69) is 6.07 Å². The highest BCUT2D eigenvalue weighted by molar-refractivity contribution is 5.71. The molecule has 0 aliphatic rings. The van der Waals surface area contributed by atoms with Crippen LogP contribution >= 0.6 is 0 Å². The fourth-order valence-electron chi connectivity index (χ4n) is 1.60. The third-order valence-corrected chi connectivity index (χ3v) is 2.44. The number of ether oxygens (including phenoxy) is 2. The van der Waals surface area contributed by atoms with Gasteiger partial charge in [0.05, 0.1) is 14.2 Å². The molecule has 0 bridgehead atoms. The van der Waals surface area contributed by atoms with E-state index < -0.39 is 0 Å². The van der Waals surface area contributed by atoms with Crippen LogP contribution in [0, 0.1) is 6.07 Å². The minimum Gasteiger partial charge on any atom is -0.497 e. The smallest absolute Gasteiger partial charge is 0.130 e. The van der Waals surface area contributed by atoms with E-state index in [1.807, 2.05) is 42.5 Å². The molecule has 2 nitrogen and oxygen atoms in total. The third kappa shape index (κ3) is 2.01. The lowest BCUT2D eigenvalue weighted by Gasteiger charge is -2.10. The van der Waals surface area contributed by atoms with Crippen LogP contribution in [-0.2, 0) is 0 Å². The number of hydrogen-bond acceptors (Lipinski definition) is 2. The Bertz CT molecular complexity index is 463. The summed E-state index contributed by atoms with van der Waals surface area (Å²) in [6.07, 6.45) is 0. The zero-order valence-electron chi connectivity index (χ0n) is 9.36. The van der Waals surface area contributed by atoms with E-state index in [-0.39, 0.29) is 0 Å². The van der Waals surface area contributed by atoms with Crippen LogP contribution in [0.25, 0.3) is 11.1 Å². The summed E-state index contributed by atoms with van der Waals surface area (Å²) in [7, 11) is 3.30. The van der Waals surface area contributed by atoms with Gasteiger partial charge in [0, 0.05) is 11.6 Å². The molecule has 0 amide bonds. The predicted octanol–water partition coefficient (Wildman–Crippen LogP) is 3.17. The maximum absolute atomic E-state index is 5.35. The summed E-state index contributed by atoms with van der Waals surface area (Å²) in [6, 6.07) is 16.6. The van der Waals surface area contributed by atoms with E-state index in [9.17, 15) is 0 Å². The Kier molecular flexibility index (Phi) is 3.10. The minimum atomic E-state index is 0.795. The molecule has 0 aliphatic carbocycles. The van der Waals surface area contributed by atoms with Crippen LogP contribution in [0.4, 0.5) is 0 Å². The van der Waals surface area contributed by atoms with Crippen molar-refractivity contribution in [2.75, 3.05) is 14.2 Å². The summed E-state index contributed by atoms with van der Waals surface area (Å²) in [4.78, 5) is 0. The topological polar surface area (TPSA) is 18.5 Å². The largest absolute Gasteiger partial charge is 0.497 e. The summed E-state index contributed by atoms with van der Waals surface area (Å²) in [6.45, 7) is 0. The highest BCUT2D eigenvalue weighted by atomic mass is 16.5. The molecule has 0 saturated heterocycles. The summed E-state index contributed by atoms with van der Waals surface area (Å²) >= 11 is 0. The first kappa shape index (κ1) is 10.6. The monoisotopic (exact) mass is 213 g/mol. The Morgan fingerprint density at radius 1 is 0.938 bits per heavy atom. The van der Waals surface area contributed by atoms with Crippen molar-refractivity contribution in [2.45, 2.75) is 0 Å². The zero-order chi connectivity index (χ0) is 11.4. The molecule has 2 aromatic rings. The first-order chi connectivity index (χ1) is 7.85. The summed E-state index contributed by atoms with van der Waals surface area (Å²) in [5, 5.41) is 0. The van der Waals surface area contributed by atoms with E-state index in [4.69, 9.17) is 9.47 Å². The van der Waals surface area contributed by atoms with Crippen molar-refractivity contribution in [3.05, 3.63) is 48.5 Å². The van der Waals surface area contributed by atoms with Gasteiger partial charge in [0.15, 0.2) is 0 Å². The molecule has 0 fully saturated rings. The lowest BCUT2D eigenvalue weighted by atomic mass is 10.0. The molecule has 2 heteroatoms. The van der Waals surface area contributed by atoms with E-state index >= 15 is 0 Å². The van der Waals surface area contributed by atoms with Gasteiger partial charge in [0.25, 0.3) is 0 Å². The Morgan fingerprint density at radius 2 is 1.69 bits per heavy atom. The molecule has 0 N–H and O–H groups in total. The van der Waals surface area contributed by atoms with Gasteiger partial charge in [0.1, 0.15) is 11.5 Å². The molecule has 0 aromatic heterocycles. The van der Waals surface area contributed by atoms with Crippen molar-refractivity contribution in [3.63, 3.8) is 0 Å². The maximum atomic E-state index is 5.35. The maximum Gasteiger partial charge on any atom is 0.130 e. The van der Waals surface area contributed by atoms with Gasteiger partial charge >= 0.3 is 0 Å². The van der Waals surface area contributed by atoms with E-state index in [1.165, 1.54) is 0 Å². The van der Waals surface area contributed by atoms with E-state index in [0.717, 1.165) is 22.6 Å². The van der Waals surface area contributed by atoms with Crippen LogP contribution in [0.1, 0.15) is 0 Å². The van der Waals surface area contributed by atoms with E-state index in [0.29, 0.717) is 0 Å². The highest BCUT2D eigenvalue weighted by Gasteiger charge is 2.06. The van der Waals surface area contributed by atoms with Crippen LogP contribution in [0.3, 0.4) is 0 Å². The van der Waals surface area contributed by atoms with Crippen LogP contribution in [0.15, 0.2) is 42.5 Å².